The fourth-order valence-corrected chi connectivity index (χ4v) is 0.118. The third-order valence-corrected chi connectivity index (χ3v) is 0.584. The summed E-state index contributed by atoms with van der Waals surface area (Å²) in [4.78, 5) is 0. The average Bonchev–Trinajstić information content (AvgIpc) is 1.65. The normalized spacial score (nSPS) is 11.5. The molecule has 0 amide bonds. The Hall–Kier alpha value is -0.460. The van der Waals surface area contributed by atoms with Crippen LogP contribution in [0.3, 0.4) is 0 Å². The molecule has 0 aromatic heterocycles. The van der Waals surface area contributed by atoms with Crippen LogP contribution in [0.2, 0.25) is 0 Å². The zero-order valence-electron chi connectivity index (χ0n) is 4.19. The Kier molecular flexibility index (Phi) is 2.55. The molecular formula is C5H9O. The lowest BCUT2D eigenvalue weighted by Crippen LogP contribution is -1.74. The van der Waals surface area contributed by atoms with E-state index in [2.05, 4.69) is 11.7 Å². The Balaban J connectivity index is 3.22. The van der Waals surface area contributed by atoms with Crippen LogP contribution in [0.4, 0.5) is 0 Å². The second kappa shape index (κ2) is 2.76. The maximum Gasteiger partial charge on any atom is 0.0917 e. The van der Waals surface area contributed by atoms with Gasteiger partial charge in [-0.05, 0) is 13.0 Å². The van der Waals surface area contributed by atoms with Gasteiger partial charge in [0.1, 0.15) is 0 Å². The van der Waals surface area contributed by atoms with Crippen LogP contribution >= 0.6 is 0 Å². The van der Waals surface area contributed by atoms with Gasteiger partial charge >= 0.3 is 0 Å². The third-order valence-electron chi connectivity index (χ3n) is 0.584. The molecule has 0 aliphatic heterocycles. The summed E-state index contributed by atoms with van der Waals surface area (Å²) in [6.07, 6.45) is 1.81. The first-order valence-electron chi connectivity index (χ1n) is 1.83. The van der Waals surface area contributed by atoms with E-state index in [-0.39, 0.29) is 0 Å². The lowest BCUT2D eigenvalue weighted by Gasteiger charge is -1.91. The van der Waals surface area contributed by atoms with E-state index in [0.717, 1.165) is 5.76 Å². The molecule has 0 unspecified atom stereocenters. The van der Waals surface area contributed by atoms with Crippen LogP contribution in [-0.2, 0) is 4.74 Å². The van der Waals surface area contributed by atoms with Crippen LogP contribution < -0.4 is 0 Å². The van der Waals surface area contributed by atoms with Crippen molar-refractivity contribution in [2.24, 2.45) is 0 Å². The van der Waals surface area contributed by atoms with E-state index in [4.69, 9.17) is 0 Å². The van der Waals surface area contributed by atoms with Crippen LogP contribution in [0, 0.1) is 6.92 Å². The molecule has 0 atom stereocenters. The lowest BCUT2D eigenvalue weighted by atomic mass is 10.5. The van der Waals surface area contributed by atoms with Crippen LogP contribution in [0.25, 0.3) is 0 Å². The molecule has 0 bridgehead atoms. The lowest BCUT2D eigenvalue weighted by molar-refractivity contribution is 0.305. The molecule has 0 aliphatic carbocycles. The molecule has 0 aliphatic rings. The number of allylic oxidation sites excluding steroid dienone is 2. The van der Waals surface area contributed by atoms with E-state index in [1.165, 1.54) is 0 Å². The topological polar surface area (TPSA) is 9.23 Å². The Morgan fingerprint density at radius 2 is 2.33 bits per heavy atom. The maximum atomic E-state index is 4.65. The minimum Gasteiger partial charge on any atom is -0.501 e. The van der Waals surface area contributed by atoms with Gasteiger partial charge in [-0.2, -0.15) is 0 Å². The molecule has 0 saturated heterocycles. The smallest absolute Gasteiger partial charge is 0.0917 e. The van der Waals surface area contributed by atoms with Gasteiger partial charge in [-0.1, -0.05) is 0 Å². The minimum atomic E-state index is 0.718. The Labute approximate surface area is 38.6 Å². The molecule has 1 nitrogen and oxygen atoms in total. The fourth-order valence-electron chi connectivity index (χ4n) is 0.118. The van der Waals surface area contributed by atoms with Crippen molar-refractivity contribution in [2.45, 2.75) is 6.92 Å². The molecule has 35 valence electrons. The van der Waals surface area contributed by atoms with Crippen LogP contribution in [-0.4, -0.2) is 7.11 Å². The van der Waals surface area contributed by atoms with Crippen molar-refractivity contribution in [3.63, 3.8) is 0 Å². The van der Waals surface area contributed by atoms with E-state index in [1.807, 2.05) is 6.92 Å². The summed E-state index contributed by atoms with van der Waals surface area (Å²) in [5, 5.41) is 0. The predicted octanol–water partition coefficient (Wildman–Crippen LogP) is 1.37. The van der Waals surface area contributed by atoms with Gasteiger partial charge < -0.3 is 4.74 Å². The molecular weight excluding hydrogens is 76.1 g/mol. The van der Waals surface area contributed by atoms with Gasteiger partial charge in [-0.3, -0.25) is 0 Å². The van der Waals surface area contributed by atoms with Gasteiger partial charge in [0.25, 0.3) is 0 Å². The summed E-state index contributed by atoms with van der Waals surface area (Å²) in [6.45, 7) is 5.39. The van der Waals surface area contributed by atoms with Gasteiger partial charge in [0.15, 0.2) is 0 Å². The second-order valence-corrected chi connectivity index (χ2v) is 0.959. The van der Waals surface area contributed by atoms with Gasteiger partial charge in [0.05, 0.1) is 12.9 Å². The molecule has 0 fully saturated rings. The molecule has 1 radical (unpaired) electrons. The standard InChI is InChI=1S/C5H9O/c1-4-5(2)6-3/h4H,2H2,1,3H3. The fraction of sp³-hybridized carbons (Fsp3) is 0.400. The Morgan fingerprint density at radius 1 is 1.83 bits per heavy atom. The number of hydrogen-bond acceptors (Lipinski definition) is 1. The maximum absolute atomic E-state index is 4.65. The van der Waals surface area contributed by atoms with Crippen molar-refractivity contribution >= 4 is 0 Å². The Morgan fingerprint density at radius 3 is 2.33 bits per heavy atom. The zero-order valence-corrected chi connectivity index (χ0v) is 4.19. The number of rotatable bonds is 1. The van der Waals surface area contributed by atoms with Crippen molar-refractivity contribution in [1.82, 2.24) is 0 Å². The van der Waals surface area contributed by atoms with Crippen molar-refractivity contribution in [1.29, 1.82) is 0 Å². The summed E-state index contributed by atoms with van der Waals surface area (Å²) in [7, 11) is 1.60. The minimum absolute atomic E-state index is 0.718. The highest BCUT2D eigenvalue weighted by atomic mass is 16.5. The third kappa shape index (κ3) is 1.82. The first-order chi connectivity index (χ1) is 2.81. The summed E-state index contributed by atoms with van der Waals surface area (Å²) < 4.78 is 4.65. The van der Waals surface area contributed by atoms with Crippen molar-refractivity contribution < 1.29 is 4.74 Å². The van der Waals surface area contributed by atoms with E-state index < -0.39 is 0 Å². The SMILES string of the molecule is [CH2]C(=CC)OC. The molecule has 0 saturated carbocycles. The van der Waals surface area contributed by atoms with Crippen molar-refractivity contribution in [3.05, 3.63) is 18.8 Å². The molecule has 0 rings (SSSR count). The highest BCUT2D eigenvalue weighted by molar-refractivity contribution is 4.92. The first kappa shape index (κ1) is 5.54. The van der Waals surface area contributed by atoms with Gasteiger partial charge in [-0.15, -0.1) is 0 Å². The largest absolute Gasteiger partial charge is 0.501 e. The summed E-state index contributed by atoms with van der Waals surface area (Å²) in [5.74, 6) is 0.718. The summed E-state index contributed by atoms with van der Waals surface area (Å²) in [5.41, 5.74) is 0. The van der Waals surface area contributed by atoms with E-state index in [9.17, 15) is 0 Å². The molecule has 0 spiro atoms. The number of ether oxygens (including phenoxy) is 1. The quantitative estimate of drug-likeness (QED) is 0.437. The second-order valence-electron chi connectivity index (χ2n) is 0.959. The van der Waals surface area contributed by atoms with Crippen LogP contribution in [0.1, 0.15) is 6.92 Å². The monoisotopic (exact) mass is 85.1 g/mol. The van der Waals surface area contributed by atoms with Crippen molar-refractivity contribution in [2.75, 3.05) is 7.11 Å². The summed E-state index contributed by atoms with van der Waals surface area (Å²) >= 11 is 0. The Bertz CT molecular complexity index is 55.0. The summed E-state index contributed by atoms with van der Waals surface area (Å²) in [6, 6.07) is 0. The van der Waals surface area contributed by atoms with E-state index in [0.29, 0.717) is 0 Å². The number of hydrogen-bond donors (Lipinski definition) is 0. The highest BCUT2D eigenvalue weighted by Gasteiger charge is 1.72. The molecule has 0 heterocycles. The van der Waals surface area contributed by atoms with E-state index >= 15 is 0 Å². The number of methoxy groups -OCH3 is 1. The zero-order chi connectivity index (χ0) is 4.99. The van der Waals surface area contributed by atoms with Gasteiger partial charge in [-0.25, -0.2) is 0 Å². The van der Waals surface area contributed by atoms with Gasteiger partial charge in [0.2, 0.25) is 0 Å². The first-order valence-corrected chi connectivity index (χ1v) is 1.83. The van der Waals surface area contributed by atoms with Crippen LogP contribution in [0.15, 0.2) is 11.8 Å². The molecule has 1 heteroatoms. The molecule has 0 aromatic rings. The van der Waals surface area contributed by atoms with Crippen molar-refractivity contribution in [3.8, 4) is 0 Å². The van der Waals surface area contributed by atoms with Gasteiger partial charge in [0, 0.05) is 6.92 Å². The average molecular weight is 85.1 g/mol. The molecule has 6 heavy (non-hydrogen) atoms. The predicted molar refractivity (Wildman–Crippen MR) is 26.1 cm³/mol. The van der Waals surface area contributed by atoms with Crippen LogP contribution in [0.5, 0.6) is 0 Å². The highest BCUT2D eigenvalue weighted by Crippen LogP contribution is 1.86. The van der Waals surface area contributed by atoms with E-state index in [1.54, 1.807) is 13.2 Å². The molecule has 0 N–H and O–H groups in total. The molecule has 0 aromatic carbocycles.